The van der Waals surface area contributed by atoms with Crippen LogP contribution in [-0.4, -0.2) is 33.6 Å². The first-order valence-electron chi connectivity index (χ1n) is 6.44. The molecular formula is C14H17N3O2S. The summed E-state index contributed by atoms with van der Waals surface area (Å²) in [5.74, 6) is -0.0672. The van der Waals surface area contributed by atoms with E-state index in [0.29, 0.717) is 12.8 Å². The van der Waals surface area contributed by atoms with Crippen LogP contribution < -0.4 is 5.32 Å². The number of aliphatic hydroxyl groups excluding tert-OH is 1. The zero-order valence-corrected chi connectivity index (χ0v) is 12.1. The summed E-state index contributed by atoms with van der Waals surface area (Å²) in [5, 5.41) is 14.5. The van der Waals surface area contributed by atoms with Gasteiger partial charge in [-0.3, -0.25) is 9.78 Å². The first-order valence-corrected chi connectivity index (χ1v) is 7.32. The summed E-state index contributed by atoms with van der Waals surface area (Å²) in [7, 11) is 0. The van der Waals surface area contributed by atoms with Crippen LogP contribution in [0.3, 0.4) is 0 Å². The van der Waals surface area contributed by atoms with E-state index in [-0.39, 0.29) is 18.6 Å². The Hall–Kier alpha value is -1.79. The summed E-state index contributed by atoms with van der Waals surface area (Å²) in [6.07, 6.45) is 4.48. The van der Waals surface area contributed by atoms with Gasteiger partial charge in [0.1, 0.15) is 5.01 Å². The quantitative estimate of drug-likeness (QED) is 0.848. The predicted molar refractivity (Wildman–Crippen MR) is 78.4 cm³/mol. The molecule has 0 aliphatic rings. The summed E-state index contributed by atoms with van der Waals surface area (Å²) in [4.78, 5) is 20.2. The summed E-state index contributed by atoms with van der Waals surface area (Å²) >= 11 is 1.55. The van der Waals surface area contributed by atoms with Gasteiger partial charge in [0.15, 0.2) is 0 Å². The number of carbonyl (C=O) groups is 1. The van der Waals surface area contributed by atoms with E-state index in [0.717, 1.165) is 16.3 Å². The Kier molecular flexibility index (Phi) is 5.20. The van der Waals surface area contributed by atoms with Crippen molar-refractivity contribution >= 4 is 17.2 Å². The van der Waals surface area contributed by atoms with Crippen LogP contribution in [0.5, 0.6) is 0 Å². The molecule has 6 heteroatoms. The number of rotatable bonds is 6. The van der Waals surface area contributed by atoms with E-state index in [1.54, 1.807) is 30.7 Å². The predicted octanol–water partition coefficient (Wildman–Crippen LogP) is 1.63. The molecule has 2 aromatic rings. The number of pyridine rings is 1. The zero-order chi connectivity index (χ0) is 14.4. The summed E-state index contributed by atoms with van der Waals surface area (Å²) in [6, 6.07) is 3.63. The number of hydrogen-bond donors (Lipinski definition) is 2. The Morgan fingerprint density at radius 1 is 1.55 bits per heavy atom. The highest BCUT2D eigenvalue weighted by atomic mass is 32.1. The Morgan fingerprint density at radius 3 is 3.10 bits per heavy atom. The Morgan fingerprint density at radius 2 is 2.40 bits per heavy atom. The average molecular weight is 291 g/mol. The van der Waals surface area contributed by atoms with Gasteiger partial charge in [0.05, 0.1) is 12.3 Å². The molecule has 0 saturated carbocycles. The molecular weight excluding hydrogens is 274 g/mol. The molecule has 0 aromatic carbocycles. The third-order valence-corrected chi connectivity index (χ3v) is 3.69. The number of aryl methyl sites for hydroxylation is 1. The van der Waals surface area contributed by atoms with Gasteiger partial charge in [-0.2, -0.15) is 0 Å². The lowest BCUT2D eigenvalue weighted by molar-refractivity contribution is -0.121. The molecule has 1 unspecified atom stereocenters. The van der Waals surface area contributed by atoms with Gasteiger partial charge < -0.3 is 10.4 Å². The number of nitrogens with one attached hydrogen (secondary N) is 1. The first kappa shape index (κ1) is 14.6. The molecule has 20 heavy (non-hydrogen) atoms. The topological polar surface area (TPSA) is 75.1 Å². The smallest absolute Gasteiger partial charge is 0.220 e. The molecule has 0 bridgehead atoms. The van der Waals surface area contributed by atoms with Crippen molar-refractivity contribution in [3.8, 4) is 10.6 Å². The van der Waals surface area contributed by atoms with E-state index < -0.39 is 0 Å². The lowest BCUT2D eigenvalue weighted by Gasteiger charge is -2.09. The van der Waals surface area contributed by atoms with Crippen molar-refractivity contribution in [2.24, 2.45) is 0 Å². The summed E-state index contributed by atoms with van der Waals surface area (Å²) < 4.78 is 0. The first-order chi connectivity index (χ1) is 9.69. The van der Waals surface area contributed by atoms with Crippen molar-refractivity contribution in [3.05, 3.63) is 35.6 Å². The van der Waals surface area contributed by atoms with Gasteiger partial charge >= 0.3 is 0 Å². The monoisotopic (exact) mass is 291 g/mol. The molecule has 106 valence electrons. The fourth-order valence-corrected chi connectivity index (χ4v) is 2.52. The van der Waals surface area contributed by atoms with Crippen molar-refractivity contribution in [1.82, 2.24) is 15.3 Å². The van der Waals surface area contributed by atoms with E-state index in [4.69, 9.17) is 5.11 Å². The van der Waals surface area contributed by atoms with E-state index in [2.05, 4.69) is 15.3 Å². The van der Waals surface area contributed by atoms with Crippen LogP contribution in [0, 0.1) is 0 Å². The fraction of sp³-hybridized carbons (Fsp3) is 0.357. The highest BCUT2D eigenvalue weighted by Gasteiger charge is 2.09. The number of amides is 1. The molecule has 1 amide bonds. The van der Waals surface area contributed by atoms with Crippen LogP contribution in [-0.2, 0) is 11.2 Å². The number of carbonyl (C=O) groups excluding carboxylic acids is 1. The minimum Gasteiger partial charge on any atom is -0.394 e. The van der Waals surface area contributed by atoms with E-state index >= 15 is 0 Å². The maximum atomic E-state index is 11.6. The van der Waals surface area contributed by atoms with Crippen molar-refractivity contribution in [1.29, 1.82) is 0 Å². The number of hydrogen-bond acceptors (Lipinski definition) is 5. The standard InChI is InChI=1S/C14H17N3O2S/c1-10(8-18)16-13(19)5-4-12-9-20-14(17-12)11-3-2-6-15-7-11/h2-3,6-7,9-10,18H,4-5,8H2,1H3,(H,16,19). The second-order valence-corrected chi connectivity index (χ2v) is 5.39. The second kappa shape index (κ2) is 7.12. The number of thiazole rings is 1. The molecule has 2 N–H and O–H groups in total. The van der Waals surface area contributed by atoms with Crippen LogP contribution in [0.15, 0.2) is 29.9 Å². The van der Waals surface area contributed by atoms with Crippen molar-refractivity contribution in [2.75, 3.05) is 6.61 Å². The molecule has 0 aliphatic carbocycles. The molecule has 2 rings (SSSR count). The summed E-state index contributed by atoms with van der Waals surface area (Å²) in [6.45, 7) is 1.72. The van der Waals surface area contributed by atoms with E-state index in [1.165, 1.54) is 0 Å². The SMILES string of the molecule is CC(CO)NC(=O)CCc1csc(-c2cccnc2)n1. The van der Waals surface area contributed by atoms with Crippen LogP contribution in [0.1, 0.15) is 19.0 Å². The Bertz CT molecular complexity index is 557. The third-order valence-electron chi connectivity index (χ3n) is 2.75. The van der Waals surface area contributed by atoms with Crippen molar-refractivity contribution in [3.63, 3.8) is 0 Å². The molecule has 5 nitrogen and oxygen atoms in total. The van der Waals surface area contributed by atoms with E-state index in [1.807, 2.05) is 17.5 Å². The molecule has 0 aliphatic heterocycles. The van der Waals surface area contributed by atoms with Crippen LogP contribution in [0.4, 0.5) is 0 Å². The lowest BCUT2D eigenvalue weighted by Crippen LogP contribution is -2.35. The van der Waals surface area contributed by atoms with Gasteiger partial charge in [-0.15, -0.1) is 11.3 Å². The molecule has 0 fully saturated rings. The Balaban J connectivity index is 1.89. The van der Waals surface area contributed by atoms with Crippen LogP contribution >= 0.6 is 11.3 Å². The molecule has 2 heterocycles. The van der Waals surface area contributed by atoms with Crippen molar-refractivity contribution in [2.45, 2.75) is 25.8 Å². The van der Waals surface area contributed by atoms with Crippen molar-refractivity contribution < 1.29 is 9.90 Å². The molecule has 1 atom stereocenters. The molecule has 0 saturated heterocycles. The normalized spacial score (nSPS) is 12.1. The van der Waals surface area contributed by atoms with Crippen LogP contribution in [0.2, 0.25) is 0 Å². The second-order valence-electron chi connectivity index (χ2n) is 4.54. The van der Waals surface area contributed by atoms with Gasteiger partial charge in [0, 0.05) is 35.8 Å². The minimum absolute atomic E-state index is 0.0480. The van der Waals surface area contributed by atoms with Gasteiger partial charge in [-0.25, -0.2) is 4.98 Å². The minimum atomic E-state index is -0.205. The Labute approximate surface area is 121 Å². The number of aromatic nitrogens is 2. The fourth-order valence-electron chi connectivity index (χ4n) is 1.68. The highest BCUT2D eigenvalue weighted by molar-refractivity contribution is 7.13. The van der Waals surface area contributed by atoms with E-state index in [9.17, 15) is 4.79 Å². The maximum Gasteiger partial charge on any atom is 0.220 e. The molecule has 2 aromatic heterocycles. The largest absolute Gasteiger partial charge is 0.394 e. The third kappa shape index (κ3) is 4.11. The number of aliphatic hydroxyl groups is 1. The molecule has 0 radical (unpaired) electrons. The summed E-state index contributed by atoms with van der Waals surface area (Å²) in [5.41, 5.74) is 1.89. The van der Waals surface area contributed by atoms with Gasteiger partial charge in [-0.05, 0) is 25.5 Å². The molecule has 0 spiro atoms. The van der Waals surface area contributed by atoms with Gasteiger partial charge in [0.25, 0.3) is 0 Å². The van der Waals surface area contributed by atoms with Gasteiger partial charge in [0.2, 0.25) is 5.91 Å². The van der Waals surface area contributed by atoms with Crippen LogP contribution in [0.25, 0.3) is 10.6 Å². The lowest BCUT2D eigenvalue weighted by atomic mass is 10.2. The highest BCUT2D eigenvalue weighted by Crippen LogP contribution is 2.23. The average Bonchev–Trinajstić information content (AvgIpc) is 2.95. The van der Waals surface area contributed by atoms with Gasteiger partial charge in [-0.1, -0.05) is 0 Å². The maximum absolute atomic E-state index is 11.6. The zero-order valence-electron chi connectivity index (χ0n) is 11.2. The number of nitrogens with zero attached hydrogens (tertiary/aromatic N) is 2.